The molecule has 0 saturated carbocycles. The van der Waals surface area contributed by atoms with Gasteiger partial charge in [-0.1, -0.05) is 66.6 Å². The van der Waals surface area contributed by atoms with E-state index >= 15 is 0 Å². The summed E-state index contributed by atoms with van der Waals surface area (Å²) in [6, 6.07) is 8.64. The van der Waals surface area contributed by atoms with Crippen molar-refractivity contribution in [2.75, 3.05) is 70.1 Å². The number of likely N-dealkylation sites (N-methyl/N-ethyl adjacent to an activating group) is 1. The number of aliphatic hydroxyl groups excluding tert-OH is 1. The first-order chi connectivity index (χ1) is 40.2. The molecule has 2 radical (unpaired) electrons. The molecular formula is C55H90BN17O10S. The number of fused-ring (bicyclic) bond motifs is 1. The average molecular weight is 1190 g/mol. The Bertz CT molecular complexity index is 2660. The maximum Gasteiger partial charge on any atom is 0.252 e. The number of anilines is 4. The molecule has 2 aromatic heterocycles. The minimum absolute atomic E-state index is 0.00758. The van der Waals surface area contributed by atoms with Crippen LogP contribution in [0.15, 0.2) is 47.7 Å². The molecule has 4 unspecified atom stereocenters. The minimum Gasteiger partial charge on any atom is -0.495 e. The first-order valence-electron chi connectivity index (χ1n) is 27.4. The first-order valence-corrected chi connectivity index (χ1v) is 27.9. The molecule has 1 fully saturated rings. The van der Waals surface area contributed by atoms with E-state index in [9.17, 15) is 38.4 Å². The van der Waals surface area contributed by atoms with Gasteiger partial charge in [-0.15, -0.1) is 5.10 Å². The minimum atomic E-state index is -0.787. The zero-order valence-electron chi connectivity index (χ0n) is 50.4. The van der Waals surface area contributed by atoms with Crippen molar-refractivity contribution >= 4 is 109 Å². The van der Waals surface area contributed by atoms with Gasteiger partial charge < -0.3 is 73.3 Å². The lowest BCUT2D eigenvalue weighted by molar-refractivity contribution is -0.138. The van der Waals surface area contributed by atoms with Crippen LogP contribution in [-0.4, -0.2) is 157 Å². The molecule has 1 aliphatic heterocycles. The lowest BCUT2D eigenvalue weighted by Crippen LogP contribution is -2.38. The number of amides is 5. The first kappa shape index (κ1) is 78.1. The van der Waals surface area contributed by atoms with Crippen molar-refractivity contribution in [2.45, 2.75) is 136 Å². The van der Waals surface area contributed by atoms with Gasteiger partial charge in [-0.05, 0) is 76.1 Å². The zero-order valence-corrected chi connectivity index (χ0v) is 51.3. The number of amidine groups is 1. The van der Waals surface area contributed by atoms with Crippen molar-refractivity contribution in [3.8, 4) is 5.75 Å². The largest absolute Gasteiger partial charge is 0.495 e. The zero-order chi connectivity index (χ0) is 64.2. The van der Waals surface area contributed by atoms with Crippen LogP contribution in [-0.2, 0) is 35.3 Å². The number of rotatable bonds is 26. The van der Waals surface area contributed by atoms with Crippen LogP contribution in [0.2, 0.25) is 5.82 Å². The van der Waals surface area contributed by atoms with E-state index in [-0.39, 0.29) is 91.0 Å². The Hall–Kier alpha value is -8.02. The monoisotopic (exact) mass is 1190 g/mol. The van der Waals surface area contributed by atoms with Gasteiger partial charge in [0.15, 0.2) is 22.8 Å². The number of aldehydes is 3. The molecule has 5 rings (SSSR count). The summed E-state index contributed by atoms with van der Waals surface area (Å²) < 4.78 is 5.48. The number of aliphatic hydroxyl groups is 1. The van der Waals surface area contributed by atoms with Crippen molar-refractivity contribution in [1.29, 1.82) is 0 Å². The van der Waals surface area contributed by atoms with E-state index in [0.717, 1.165) is 44.8 Å². The van der Waals surface area contributed by atoms with E-state index in [2.05, 4.69) is 95.9 Å². The van der Waals surface area contributed by atoms with E-state index in [0.29, 0.717) is 71.6 Å². The number of nitrogens with one attached hydrogen (secondary N) is 7. The van der Waals surface area contributed by atoms with E-state index in [1.807, 2.05) is 20.8 Å². The summed E-state index contributed by atoms with van der Waals surface area (Å²) in [6.07, 6.45) is 10.0. The second kappa shape index (κ2) is 46.5. The van der Waals surface area contributed by atoms with E-state index in [1.165, 1.54) is 24.6 Å². The molecule has 0 spiro atoms. The maximum atomic E-state index is 13.0. The quantitative estimate of drug-likeness (QED) is 0.00494. The summed E-state index contributed by atoms with van der Waals surface area (Å²) in [7, 11) is 11.2. The lowest BCUT2D eigenvalue weighted by atomic mass is 9.88. The number of ether oxygens (including phenoxy) is 1. The highest BCUT2D eigenvalue weighted by Crippen LogP contribution is 2.27. The molecule has 2 aromatic carbocycles. The van der Waals surface area contributed by atoms with Crippen molar-refractivity contribution < 1.29 is 48.2 Å². The van der Waals surface area contributed by atoms with Crippen LogP contribution in [0, 0.1) is 0 Å². The van der Waals surface area contributed by atoms with Gasteiger partial charge in [0, 0.05) is 56.9 Å². The fourth-order valence-electron chi connectivity index (χ4n) is 6.59. The molecule has 4 aromatic rings. The summed E-state index contributed by atoms with van der Waals surface area (Å²) in [5.74, 6) is 4.84. The highest BCUT2D eigenvalue weighted by molar-refractivity contribution is 7.81. The lowest BCUT2D eigenvalue weighted by Gasteiger charge is -2.16. The number of unbranched alkanes of at least 4 members (excludes halogenated alkanes) is 3. The highest BCUT2D eigenvalue weighted by atomic mass is 32.1. The second-order valence-electron chi connectivity index (χ2n) is 17.8. The number of hydrazone groups is 1. The van der Waals surface area contributed by atoms with Crippen molar-refractivity contribution in [3.63, 3.8) is 0 Å². The van der Waals surface area contributed by atoms with Crippen molar-refractivity contribution in [1.82, 2.24) is 51.6 Å². The van der Waals surface area contributed by atoms with Crippen molar-refractivity contribution in [2.24, 2.45) is 16.7 Å². The summed E-state index contributed by atoms with van der Waals surface area (Å²) >= 11 is 4.03. The number of aromatic nitrogens is 4. The number of nitrogens with zero attached hydrogens (tertiary/aromatic N) is 6. The van der Waals surface area contributed by atoms with Gasteiger partial charge in [0.05, 0.1) is 68.5 Å². The third-order valence-electron chi connectivity index (χ3n) is 10.9. The van der Waals surface area contributed by atoms with Gasteiger partial charge in [-0.3, -0.25) is 28.9 Å². The molecule has 16 N–H and O–H groups in total. The molecule has 3 heterocycles. The van der Waals surface area contributed by atoms with Crippen LogP contribution in [0.3, 0.4) is 0 Å². The molecule has 29 heteroatoms. The second-order valence-corrected chi connectivity index (χ2v) is 18.4. The molecule has 464 valence electrons. The normalized spacial score (nSPS) is 13.0. The Labute approximate surface area is 500 Å². The Morgan fingerprint density at radius 2 is 1.60 bits per heavy atom. The van der Waals surface area contributed by atoms with Crippen LogP contribution < -0.4 is 65.2 Å². The summed E-state index contributed by atoms with van der Waals surface area (Å²) in [5.41, 5.74) is 23.0. The van der Waals surface area contributed by atoms with Crippen LogP contribution in [0.1, 0.15) is 138 Å². The Morgan fingerprint density at radius 3 is 2.14 bits per heavy atom. The standard InChI is InChI=1S/C29H36N14O4.C10H15NO3S.C6H12N2O2.C4H9B.C3H8.C2H6.CH4O/c1-34-16-6-7-19(20(11-16)24(30)42-43-33)28(46)35-9-3-4-17(14-44)39-27(45)15-5-8-21(22(10-15)47-2)36-12-18-13-37-26-23(38-18)25(31)40-29(32)41-26;12-6-4-2-1-3-5-11-9(13)7-8(15)10(11)14;1-5(4-9)8-6(10)3-7-2;1-3-4(2)5;1-3-2;2*1-2/h5-8,10-11,13-14,17,34,36,43H,3-4,9,12,33H2,1-2H3,(H2,30,42)(H,35,46)(H,39,45)(H4,31,32,37,40,41);6,8,15H,1-5,7H2;4-5,7H,3H2,1-2H3,(H,8,10);4H,3H2,1-2H3;3H2,1-2H3;1-2H3;2H,1H3. The van der Waals surface area contributed by atoms with Gasteiger partial charge in [-0.2, -0.15) is 22.6 Å². The van der Waals surface area contributed by atoms with Crippen molar-refractivity contribution in [3.05, 3.63) is 65.0 Å². The number of carbonyl (C=O) groups is 8. The summed E-state index contributed by atoms with van der Waals surface area (Å²) in [4.78, 5) is 109. The maximum absolute atomic E-state index is 13.0. The number of nitrogen functional groups attached to an aromatic ring is 2. The third-order valence-corrected chi connectivity index (χ3v) is 11.3. The number of nitrogens with two attached hydrogens (primary N) is 4. The van der Waals surface area contributed by atoms with Crippen LogP contribution in [0.4, 0.5) is 23.1 Å². The molecule has 1 saturated heterocycles. The topological polar surface area (TPSA) is 421 Å². The van der Waals surface area contributed by atoms with Crippen LogP contribution >= 0.6 is 12.6 Å². The number of thiol groups is 1. The molecular weight excluding hydrogens is 1100 g/mol. The Kier molecular flexibility index (Phi) is 43.2. The predicted molar refractivity (Wildman–Crippen MR) is 334 cm³/mol. The molecule has 84 heavy (non-hydrogen) atoms. The van der Waals surface area contributed by atoms with E-state index < -0.39 is 17.2 Å². The fourth-order valence-corrected chi connectivity index (χ4v) is 6.89. The number of carbonyl (C=O) groups excluding carboxylic acids is 8. The number of benzene rings is 2. The molecule has 27 nitrogen and oxygen atoms in total. The Balaban J connectivity index is 0. The number of hydrogen-bond acceptors (Lipinski definition) is 23. The average Bonchev–Trinajstić information content (AvgIpc) is 3.93. The SMILES string of the molecule is CC.CCC.CNCC(=O)NC(C)C=O.CNc1ccc(C(=O)NCCCC(C=O)NC(=O)c2ccc(NCc3cnc4nc(N)nc(N)c4n3)c(OC)c2)c(/C(N)=N/NN)c1.CO.O=CCCCCCN1C(=O)CC(S)C1=O.[B]C(C)CC. The number of hydrogen-bond donors (Lipinski definition) is 13. The number of methoxy groups -OCH3 is 1. The van der Waals surface area contributed by atoms with Gasteiger partial charge in [0.25, 0.3) is 11.8 Å². The number of imide groups is 1. The molecule has 0 bridgehead atoms. The highest BCUT2D eigenvalue weighted by Gasteiger charge is 2.35. The molecule has 0 aliphatic carbocycles. The smallest absolute Gasteiger partial charge is 0.252 e. The predicted octanol–water partition coefficient (Wildman–Crippen LogP) is 2.97. The van der Waals surface area contributed by atoms with Gasteiger partial charge in [0.2, 0.25) is 23.7 Å². The summed E-state index contributed by atoms with van der Waals surface area (Å²) in [5, 5.41) is 27.1. The van der Waals surface area contributed by atoms with Gasteiger partial charge in [0.1, 0.15) is 24.6 Å². The fraction of sp³-hybridized carbons (Fsp3) is 0.509. The van der Waals surface area contributed by atoms with E-state index in [1.54, 1.807) is 57.4 Å². The number of hydrazine groups is 1. The van der Waals surface area contributed by atoms with Gasteiger partial charge in [-0.25, -0.2) is 21.3 Å². The molecule has 1 aliphatic rings. The molecule has 5 amide bonds. The van der Waals surface area contributed by atoms with Crippen LogP contribution in [0.25, 0.3) is 11.2 Å². The summed E-state index contributed by atoms with van der Waals surface area (Å²) in [6.45, 7) is 15.2. The number of likely N-dealkylation sites (tertiary alicyclic amines) is 1. The Morgan fingerprint density at radius 1 is 0.929 bits per heavy atom. The van der Waals surface area contributed by atoms with Crippen LogP contribution in [0.5, 0.6) is 5.75 Å². The van der Waals surface area contributed by atoms with E-state index in [4.69, 9.17) is 40.7 Å². The third kappa shape index (κ3) is 30.3. The molecule has 4 atom stereocenters. The van der Waals surface area contributed by atoms with Gasteiger partial charge >= 0.3 is 0 Å².